The van der Waals surface area contributed by atoms with Crippen molar-refractivity contribution in [1.29, 1.82) is 0 Å². The van der Waals surface area contributed by atoms with Crippen LogP contribution in [0.2, 0.25) is 0 Å². The van der Waals surface area contributed by atoms with Gasteiger partial charge < -0.3 is 4.74 Å². The number of carbonyl (C=O) groups excluding carboxylic acids is 3. The summed E-state index contributed by atoms with van der Waals surface area (Å²) in [7, 11) is 0. The normalized spacial score (nSPS) is 21.5. The van der Waals surface area contributed by atoms with Gasteiger partial charge in [0.2, 0.25) is 5.91 Å². The van der Waals surface area contributed by atoms with E-state index in [-0.39, 0.29) is 18.2 Å². The maximum atomic E-state index is 12.7. The van der Waals surface area contributed by atoms with Gasteiger partial charge in [-0.25, -0.2) is 9.69 Å². The van der Waals surface area contributed by atoms with Gasteiger partial charge in [0.25, 0.3) is 0 Å². The first kappa shape index (κ1) is 18.6. The Kier molecular flexibility index (Phi) is 5.48. The molecule has 1 aromatic rings. The number of nitrogens with zero attached hydrogens (tertiary/aromatic N) is 1. The second kappa shape index (κ2) is 7.05. The summed E-state index contributed by atoms with van der Waals surface area (Å²) < 4.78 is 6.15. The number of hydrogen-bond donors (Lipinski definition) is 0. The summed E-state index contributed by atoms with van der Waals surface area (Å²) in [6.07, 6.45) is -0.250. The summed E-state index contributed by atoms with van der Waals surface area (Å²) in [6, 6.07) is 6.87. The number of ketones is 1. The third-order valence-corrected chi connectivity index (χ3v) is 4.28. The highest BCUT2D eigenvalue weighted by atomic mass is 79.9. The Balaban J connectivity index is 2.21. The zero-order valence-corrected chi connectivity index (χ0v) is 15.9. The number of imide groups is 1. The van der Waals surface area contributed by atoms with Crippen LogP contribution < -0.4 is 0 Å². The maximum absolute atomic E-state index is 12.7. The molecule has 1 heterocycles. The van der Waals surface area contributed by atoms with Crippen molar-refractivity contribution in [3.63, 3.8) is 0 Å². The average Bonchev–Trinajstić information content (AvgIpc) is 2.47. The van der Waals surface area contributed by atoms with Gasteiger partial charge in [-0.1, -0.05) is 35.0 Å². The van der Waals surface area contributed by atoms with Crippen LogP contribution in [0.15, 0.2) is 28.7 Å². The van der Waals surface area contributed by atoms with Crippen molar-refractivity contribution in [3.8, 4) is 0 Å². The first-order valence-electron chi connectivity index (χ1n) is 7.92. The molecule has 130 valence electrons. The Labute approximate surface area is 150 Å². The van der Waals surface area contributed by atoms with Crippen LogP contribution in [-0.4, -0.2) is 34.8 Å². The predicted octanol–water partition coefficient (Wildman–Crippen LogP) is 4.05. The molecule has 0 saturated carbocycles. The maximum Gasteiger partial charge on any atom is 0.417 e. The second-order valence-corrected chi connectivity index (χ2v) is 8.11. The molecule has 2 atom stereocenters. The van der Waals surface area contributed by atoms with Crippen LogP contribution in [0.3, 0.4) is 0 Å². The van der Waals surface area contributed by atoms with Crippen LogP contribution in [0.4, 0.5) is 4.79 Å². The second-order valence-electron chi connectivity index (χ2n) is 7.19. The number of Topliss-reactive ketones (excluding diaryl/α,β-unsaturated/α-hetero) is 1. The lowest BCUT2D eigenvalue weighted by molar-refractivity contribution is -0.136. The minimum absolute atomic E-state index is 0.0413. The van der Waals surface area contributed by atoms with Gasteiger partial charge in [0.05, 0.1) is 0 Å². The molecule has 1 fully saturated rings. The number of piperidine rings is 1. The van der Waals surface area contributed by atoms with E-state index in [2.05, 4.69) is 15.9 Å². The van der Waals surface area contributed by atoms with E-state index in [1.165, 1.54) is 0 Å². The topological polar surface area (TPSA) is 63.7 Å². The van der Waals surface area contributed by atoms with Crippen molar-refractivity contribution >= 4 is 33.7 Å². The van der Waals surface area contributed by atoms with Gasteiger partial charge in [-0.15, -0.1) is 0 Å². The molecule has 0 N–H and O–H groups in total. The number of ether oxygens (including phenoxy) is 1. The van der Waals surface area contributed by atoms with Crippen LogP contribution in [0, 0.1) is 11.8 Å². The Morgan fingerprint density at radius 2 is 1.79 bits per heavy atom. The van der Waals surface area contributed by atoms with Gasteiger partial charge >= 0.3 is 6.09 Å². The molecule has 0 aliphatic carbocycles. The lowest BCUT2D eigenvalue weighted by Gasteiger charge is -2.35. The standard InChI is InChI=1S/C18H22BrNO4/c1-11-9-14(15(21)12-5-7-13(19)8-6-12)16(22)20(10-11)17(23)24-18(2,3)4/h5-8,11,14H,9-10H2,1-4H3/t11-,14?/m0/s1. The molecular weight excluding hydrogens is 374 g/mol. The largest absolute Gasteiger partial charge is 0.443 e. The minimum Gasteiger partial charge on any atom is -0.443 e. The van der Waals surface area contributed by atoms with Gasteiger partial charge in [0.15, 0.2) is 5.78 Å². The zero-order valence-electron chi connectivity index (χ0n) is 14.3. The molecule has 5 nitrogen and oxygen atoms in total. The molecule has 0 spiro atoms. The third kappa shape index (κ3) is 4.44. The molecule has 0 radical (unpaired) electrons. The molecule has 1 saturated heterocycles. The summed E-state index contributed by atoms with van der Waals surface area (Å²) in [5.74, 6) is -1.54. The van der Waals surface area contributed by atoms with E-state index in [0.717, 1.165) is 9.37 Å². The van der Waals surface area contributed by atoms with E-state index < -0.39 is 23.5 Å². The number of likely N-dealkylation sites (tertiary alicyclic amines) is 1. The molecule has 1 aliphatic heterocycles. The fourth-order valence-electron chi connectivity index (χ4n) is 2.68. The molecule has 2 rings (SSSR count). The van der Waals surface area contributed by atoms with E-state index in [1.54, 1.807) is 45.0 Å². The highest BCUT2D eigenvalue weighted by Gasteiger charge is 2.41. The van der Waals surface area contributed by atoms with Crippen molar-refractivity contribution in [2.45, 2.75) is 39.7 Å². The van der Waals surface area contributed by atoms with E-state index in [9.17, 15) is 14.4 Å². The predicted molar refractivity (Wildman–Crippen MR) is 93.7 cm³/mol. The zero-order chi connectivity index (χ0) is 18.1. The van der Waals surface area contributed by atoms with Crippen LogP contribution in [0.25, 0.3) is 0 Å². The van der Waals surface area contributed by atoms with Gasteiger partial charge in [0.1, 0.15) is 11.5 Å². The Morgan fingerprint density at radius 1 is 1.21 bits per heavy atom. The summed E-state index contributed by atoms with van der Waals surface area (Å²) >= 11 is 3.32. The molecule has 0 aromatic heterocycles. The summed E-state index contributed by atoms with van der Waals surface area (Å²) in [5.41, 5.74) is -0.224. The third-order valence-electron chi connectivity index (χ3n) is 3.76. The highest BCUT2D eigenvalue weighted by Crippen LogP contribution is 2.28. The van der Waals surface area contributed by atoms with Crippen molar-refractivity contribution in [2.75, 3.05) is 6.54 Å². The SMILES string of the molecule is C[C@H]1CC(C(=O)c2ccc(Br)cc2)C(=O)N(C(=O)OC(C)(C)C)C1. The van der Waals surface area contributed by atoms with Gasteiger partial charge in [-0.05, 0) is 45.2 Å². The molecule has 1 aliphatic rings. The van der Waals surface area contributed by atoms with Crippen LogP contribution in [-0.2, 0) is 9.53 Å². The lowest BCUT2D eigenvalue weighted by atomic mass is 9.84. The molecule has 1 unspecified atom stereocenters. The summed E-state index contributed by atoms with van der Waals surface area (Å²) in [5, 5.41) is 0. The number of amides is 2. The smallest absolute Gasteiger partial charge is 0.417 e. The fraction of sp³-hybridized carbons (Fsp3) is 0.500. The van der Waals surface area contributed by atoms with Gasteiger partial charge in [-0.2, -0.15) is 0 Å². The Hall–Kier alpha value is -1.69. The number of hydrogen-bond acceptors (Lipinski definition) is 4. The molecule has 1 aromatic carbocycles. The monoisotopic (exact) mass is 395 g/mol. The fourth-order valence-corrected chi connectivity index (χ4v) is 2.95. The molecular formula is C18H22BrNO4. The number of carbonyl (C=O) groups is 3. The van der Waals surface area contributed by atoms with E-state index >= 15 is 0 Å². The van der Waals surface area contributed by atoms with Crippen molar-refractivity contribution in [1.82, 2.24) is 4.90 Å². The summed E-state index contributed by atoms with van der Waals surface area (Å²) in [4.78, 5) is 38.7. The molecule has 6 heteroatoms. The Morgan fingerprint density at radius 3 is 2.33 bits per heavy atom. The van der Waals surface area contributed by atoms with Crippen LogP contribution in [0.1, 0.15) is 44.5 Å². The number of benzene rings is 1. The lowest BCUT2D eigenvalue weighted by Crippen LogP contribution is -2.51. The van der Waals surface area contributed by atoms with E-state index in [1.807, 2.05) is 6.92 Å². The molecule has 2 amide bonds. The molecule has 24 heavy (non-hydrogen) atoms. The van der Waals surface area contributed by atoms with Gasteiger partial charge in [0, 0.05) is 16.6 Å². The van der Waals surface area contributed by atoms with Crippen molar-refractivity contribution in [2.24, 2.45) is 11.8 Å². The van der Waals surface area contributed by atoms with Crippen molar-refractivity contribution in [3.05, 3.63) is 34.3 Å². The molecule has 0 bridgehead atoms. The van der Waals surface area contributed by atoms with Crippen LogP contribution >= 0.6 is 15.9 Å². The van der Waals surface area contributed by atoms with E-state index in [4.69, 9.17) is 4.74 Å². The van der Waals surface area contributed by atoms with Crippen LogP contribution in [0.5, 0.6) is 0 Å². The quantitative estimate of drug-likeness (QED) is 0.559. The van der Waals surface area contributed by atoms with Crippen molar-refractivity contribution < 1.29 is 19.1 Å². The first-order chi connectivity index (χ1) is 11.1. The highest BCUT2D eigenvalue weighted by molar-refractivity contribution is 9.10. The minimum atomic E-state index is -0.845. The summed E-state index contributed by atoms with van der Waals surface area (Å²) in [6.45, 7) is 7.43. The first-order valence-corrected chi connectivity index (χ1v) is 8.72. The number of halogens is 1. The van der Waals surface area contributed by atoms with Gasteiger partial charge in [-0.3, -0.25) is 9.59 Å². The Bertz CT molecular complexity index is 648. The average molecular weight is 396 g/mol. The van der Waals surface area contributed by atoms with E-state index in [0.29, 0.717) is 12.0 Å². The number of rotatable bonds is 2.